The third-order valence-electron chi connectivity index (χ3n) is 2.22. The van der Waals surface area contributed by atoms with Gasteiger partial charge in [0.05, 0.1) is 16.2 Å². The molecule has 1 aliphatic heterocycles. The second-order valence-electron chi connectivity index (χ2n) is 3.18. The first-order valence-corrected chi connectivity index (χ1v) is 4.30. The number of nitro benzene ring substituents is 1. The molecule has 0 spiro atoms. The number of hydrogen-bond donors (Lipinski definition) is 1. The van der Waals surface area contributed by atoms with E-state index in [1.54, 1.807) is 6.92 Å². The summed E-state index contributed by atoms with van der Waals surface area (Å²) in [4.78, 5) is 21.2. The smallest absolute Gasteiger partial charge is 0.274 e. The van der Waals surface area contributed by atoms with Crippen molar-refractivity contribution < 1.29 is 14.5 Å². The summed E-state index contributed by atoms with van der Waals surface area (Å²) in [5.74, 6) is 0.170. The lowest BCUT2D eigenvalue weighted by molar-refractivity contribution is -0.385. The molecule has 0 saturated carbocycles. The Bertz CT molecular complexity index is 456. The maximum Gasteiger partial charge on any atom is 0.274 e. The number of benzene rings is 1. The fourth-order valence-corrected chi connectivity index (χ4v) is 1.47. The van der Waals surface area contributed by atoms with Gasteiger partial charge in [0.1, 0.15) is 5.75 Å². The van der Waals surface area contributed by atoms with Gasteiger partial charge in [0.15, 0.2) is 6.61 Å². The second-order valence-corrected chi connectivity index (χ2v) is 3.18. The molecule has 1 aliphatic rings. The quantitative estimate of drug-likeness (QED) is 0.556. The standard InChI is InChI=1S/C9H8N2O4/c1-5-6(11(13)14)2-3-7-9(5)10-8(12)4-15-7/h2-3H,4H2,1H3,(H,10,12). The summed E-state index contributed by atoms with van der Waals surface area (Å²) in [6.07, 6.45) is 0. The van der Waals surface area contributed by atoms with Gasteiger partial charge in [-0.3, -0.25) is 14.9 Å². The van der Waals surface area contributed by atoms with Gasteiger partial charge in [0.2, 0.25) is 0 Å². The zero-order valence-corrected chi connectivity index (χ0v) is 7.94. The van der Waals surface area contributed by atoms with Crippen LogP contribution in [0.15, 0.2) is 12.1 Å². The van der Waals surface area contributed by atoms with Crippen molar-refractivity contribution in [2.45, 2.75) is 6.92 Å². The average Bonchev–Trinajstić information content (AvgIpc) is 2.19. The van der Waals surface area contributed by atoms with Crippen LogP contribution in [0.2, 0.25) is 0 Å². The van der Waals surface area contributed by atoms with E-state index in [2.05, 4.69) is 5.32 Å². The second kappa shape index (κ2) is 3.23. The van der Waals surface area contributed by atoms with E-state index in [1.165, 1.54) is 12.1 Å². The van der Waals surface area contributed by atoms with Crippen molar-refractivity contribution >= 4 is 17.3 Å². The fourth-order valence-electron chi connectivity index (χ4n) is 1.47. The van der Waals surface area contributed by atoms with E-state index in [4.69, 9.17) is 4.74 Å². The van der Waals surface area contributed by atoms with Crippen molar-refractivity contribution in [2.75, 3.05) is 11.9 Å². The molecule has 0 unspecified atom stereocenters. The Morgan fingerprint density at radius 2 is 2.27 bits per heavy atom. The summed E-state index contributed by atoms with van der Waals surface area (Å²) in [5, 5.41) is 13.2. The molecule has 2 rings (SSSR count). The number of carbonyl (C=O) groups is 1. The highest BCUT2D eigenvalue weighted by molar-refractivity contribution is 5.97. The van der Waals surface area contributed by atoms with E-state index in [1.807, 2.05) is 0 Å². The number of nitro groups is 1. The number of rotatable bonds is 1. The molecule has 15 heavy (non-hydrogen) atoms. The van der Waals surface area contributed by atoms with E-state index in [0.29, 0.717) is 17.0 Å². The van der Waals surface area contributed by atoms with E-state index in [9.17, 15) is 14.9 Å². The van der Waals surface area contributed by atoms with Crippen molar-refractivity contribution in [2.24, 2.45) is 0 Å². The normalized spacial score (nSPS) is 13.8. The van der Waals surface area contributed by atoms with Gasteiger partial charge in [-0.1, -0.05) is 0 Å². The zero-order valence-electron chi connectivity index (χ0n) is 7.94. The Balaban J connectivity index is 2.56. The van der Waals surface area contributed by atoms with Crippen LogP contribution in [0.25, 0.3) is 0 Å². The Labute approximate surface area is 85.0 Å². The van der Waals surface area contributed by atoms with Crippen LogP contribution >= 0.6 is 0 Å². The third-order valence-corrected chi connectivity index (χ3v) is 2.22. The van der Waals surface area contributed by atoms with Crippen molar-refractivity contribution in [3.63, 3.8) is 0 Å². The number of hydrogen-bond acceptors (Lipinski definition) is 4. The first kappa shape index (κ1) is 9.45. The first-order valence-electron chi connectivity index (χ1n) is 4.30. The van der Waals surface area contributed by atoms with E-state index in [0.717, 1.165) is 0 Å². The molecule has 6 nitrogen and oxygen atoms in total. The number of nitrogens with one attached hydrogen (secondary N) is 1. The summed E-state index contributed by atoms with van der Waals surface area (Å²) in [7, 11) is 0. The summed E-state index contributed by atoms with van der Waals surface area (Å²) in [6.45, 7) is 1.52. The van der Waals surface area contributed by atoms with Crippen LogP contribution in [-0.2, 0) is 4.79 Å². The van der Waals surface area contributed by atoms with Gasteiger partial charge < -0.3 is 10.1 Å². The topological polar surface area (TPSA) is 81.5 Å². The molecule has 0 atom stereocenters. The van der Waals surface area contributed by atoms with Crippen LogP contribution < -0.4 is 10.1 Å². The van der Waals surface area contributed by atoms with Gasteiger partial charge in [-0.25, -0.2) is 0 Å². The van der Waals surface area contributed by atoms with Crippen molar-refractivity contribution in [1.82, 2.24) is 0 Å². The lowest BCUT2D eigenvalue weighted by Crippen LogP contribution is -2.26. The molecule has 0 bridgehead atoms. The molecular formula is C9H8N2O4. The first-order chi connectivity index (χ1) is 7.09. The maximum atomic E-state index is 11.1. The predicted octanol–water partition coefficient (Wildman–Crippen LogP) is 1.23. The highest BCUT2D eigenvalue weighted by Gasteiger charge is 2.23. The van der Waals surface area contributed by atoms with Crippen LogP contribution in [0, 0.1) is 17.0 Å². The number of fused-ring (bicyclic) bond motifs is 1. The molecule has 6 heteroatoms. The number of nitrogens with zero attached hydrogens (tertiary/aromatic N) is 1. The maximum absolute atomic E-state index is 11.1. The van der Waals surface area contributed by atoms with Gasteiger partial charge in [-0.05, 0) is 13.0 Å². The Morgan fingerprint density at radius 1 is 1.53 bits per heavy atom. The molecule has 0 fully saturated rings. The number of ether oxygens (including phenoxy) is 1. The lowest BCUT2D eigenvalue weighted by Gasteiger charge is -2.19. The molecule has 78 valence electrons. The van der Waals surface area contributed by atoms with Crippen LogP contribution in [0.4, 0.5) is 11.4 Å². The molecule has 1 amide bonds. The van der Waals surface area contributed by atoms with Gasteiger partial charge in [-0.2, -0.15) is 0 Å². The molecule has 0 aliphatic carbocycles. The van der Waals surface area contributed by atoms with Crippen LogP contribution in [-0.4, -0.2) is 17.4 Å². The SMILES string of the molecule is Cc1c([N+](=O)[O-])ccc2c1NC(=O)CO2. The van der Waals surface area contributed by atoms with Crippen LogP contribution in [0.5, 0.6) is 5.75 Å². The Hall–Kier alpha value is -2.11. The van der Waals surface area contributed by atoms with Crippen molar-refractivity contribution in [1.29, 1.82) is 0 Å². The Morgan fingerprint density at radius 3 is 2.93 bits per heavy atom. The number of anilines is 1. The van der Waals surface area contributed by atoms with E-state index >= 15 is 0 Å². The average molecular weight is 208 g/mol. The molecule has 0 saturated heterocycles. The molecule has 1 aromatic rings. The van der Waals surface area contributed by atoms with Crippen molar-refractivity contribution in [3.8, 4) is 5.75 Å². The minimum atomic E-state index is -0.490. The highest BCUT2D eigenvalue weighted by atomic mass is 16.6. The number of amides is 1. The minimum Gasteiger partial charge on any atom is -0.482 e. The van der Waals surface area contributed by atoms with E-state index < -0.39 is 4.92 Å². The molecule has 1 N–H and O–H groups in total. The Kier molecular flexibility index (Phi) is 2.03. The third kappa shape index (κ3) is 1.50. The molecule has 0 radical (unpaired) electrons. The van der Waals surface area contributed by atoms with Crippen LogP contribution in [0.3, 0.4) is 0 Å². The van der Waals surface area contributed by atoms with Gasteiger partial charge in [-0.15, -0.1) is 0 Å². The fraction of sp³-hybridized carbons (Fsp3) is 0.222. The molecular weight excluding hydrogens is 200 g/mol. The molecule has 0 aromatic heterocycles. The summed E-state index contributed by atoms with van der Waals surface area (Å²) in [6, 6.07) is 2.85. The highest BCUT2D eigenvalue weighted by Crippen LogP contribution is 2.36. The summed E-state index contributed by atoms with van der Waals surface area (Å²) >= 11 is 0. The largest absolute Gasteiger partial charge is 0.482 e. The predicted molar refractivity (Wildman–Crippen MR) is 52.0 cm³/mol. The summed E-state index contributed by atoms with van der Waals surface area (Å²) in [5.41, 5.74) is 0.769. The van der Waals surface area contributed by atoms with Crippen LogP contribution in [0.1, 0.15) is 5.56 Å². The van der Waals surface area contributed by atoms with Crippen molar-refractivity contribution in [3.05, 3.63) is 27.8 Å². The summed E-state index contributed by atoms with van der Waals surface area (Å²) < 4.78 is 5.12. The molecule has 1 heterocycles. The van der Waals surface area contributed by atoms with Gasteiger partial charge in [0, 0.05) is 6.07 Å². The van der Waals surface area contributed by atoms with Gasteiger partial charge in [0.25, 0.3) is 11.6 Å². The number of carbonyl (C=O) groups excluding carboxylic acids is 1. The minimum absolute atomic E-state index is 0.0282. The zero-order chi connectivity index (χ0) is 11.0. The molecule has 1 aromatic carbocycles. The monoisotopic (exact) mass is 208 g/mol. The van der Waals surface area contributed by atoms with E-state index in [-0.39, 0.29) is 18.2 Å². The lowest BCUT2D eigenvalue weighted by atomic mass is 10.1. The van der Waals surface area contributed by atoms with Gasteiger partial charge >= 0.3 is 0 Å².